The van der Waals surface area contributed by atoms with Gasteiger partial charge in [0.15, 0.2) is 0 Å². The summed E-state index contributed by atoms with van der Waals surface area (Å²) in [4.78, 5) is 5.09. The maximum Gasteiger partial charge on any atom is 0.0117 e. The monoisotopic (exact) mass is 239 g/mol. The first-order valence-electron chi connectivity index (χ1n) is 7.19. The lowest BCUT2D eigenvalue weighted by molar-refractivity contribution is 0.0834. The molecule has 3 nitrogen and oxygen atoms in total. The quantitative estimate of drug-likeness (QED) is 0.803. The Balaban J connectivity index is 1.81. The van der Waals surface area contributed by atoms with Gasteiger partial charge in [-0.15, -0.1) is 0 Å². The maximum absolute atomic E-state index is 3.47. The molecule has 0 aromatic heterocycles. The normalized spacial score (nSPS) is 27.5. The largest absolute Gasteiger partial charge is 0.317 e. The maximum atomic E-state index is 3.47. The Kier molecular flexibility index (Phi) is 4.45. The third-order valence-electron chi connectivity index (χ3n) is 4.75. The van der Waals surface area contributed by atoms with Crippen LogP contribution in [-0.2, 0) is 0 Å². The van der Waals surface area contributed by atoms with E-state index in [2.05, 4.69) is 36.1 Å². The molecule has 0 atom stereocenters. The molecule has 0 aromatic carbocycles. The average Bonchev–Trinajstić information content (AvgIpc) is 2.30. The van der Waals surface area contributed by atoms with E-state index >= 15 is 0 Å². The first kappa shape index (κ1) is 13.3. The molecular formula is C14H29N3. The fourth-order valence-electron chi connectivity index (χ4n) is 3.36. The molecule has 2 rings (SSSR count). The number of hydrogen-bond acceptors (Lipinski definition) is 3. The Bertz CT molecular complexity index is 228. The second-order valence-electron chi connectivity index (χ2n) is 6.51. The van der Waals surface area contributed by atoms with E-state index < -0.39 is 0 Å². The van der Waals surface area contributed by atoms with Crippen molar-refractivity contribution in [2.75, 3.05) is 46.8 Å². The summed E-state index contributed by atoms with van der Waals surface area (Å²) in [5.41, 5.74) is 0.545. The van der Waals surface area contributed by atoms with Crippen molar-refractivity contribution in [2.45, 2.75) is 38.6 Å². The van der Waals surface area contributed by atoms with Crippen LogP contribution >= 0.6 is 0 Å². The van der Waals surface area contributed by atoms with Crippen molar-refractivity contribution in [1.82, 2.24) is 15.1 Å². The number of nitrogens with zero attached hydrogens (tertiary/aromatic N) is 2. The average molecular weight is 239 g/mol. The van der Waals surface area contributed by atoms with Gasteiger partial charge < -0.3 is 15.1 Å². The second kappa shape index (κ2) is 5.68. The van der Waals surface area contributed by atoms with Crippen LogP contribution in [0, 0.1) is 5.41 Å². The van der Waals surface area contributed by atoms with Crippen molar-refractivity contribution in [3.63, 3.8) is 0 Å². The molecule has 0 bridgehead atoms. The molecule has 0 amide bonds. The minimum Gasteiger partial charge on any atom is -0.317 e. The summed E-state index contributed by atoms with van der Waals surface area (Å²) in [6.07, 6.45) is 5.37. The molecule has 3 heteroatoms. The third-order valence-corrected chi connectivity index (χ3v) is 4.75. The number of rotatable bonds is 3. The standard InChI is InChI=1S/C14H29N3/c1-14(6-8-15-9-7-14)12-17(3)13-4-10-16(2)11-5-13/h13,15H,4-12H2,1-3H3. The lowest BCUT2D eigenvalue weighted by Crippen LogP contribution is -2.48. The first-order valence-corrected chi connectivity index (χ1v) is 7.19. The molecule has 0 aliphatic carbocycles. The van der Waals surface area contributed by atoms with E-state index in [0.29, 0.717) is 5.41 Å². The zero-order valence-electron chi connectivity index (χ0n) is 11.8. The molecule has 0 radical (unpaired) electrons. The van der Waals surface area contributed by atoms with Crippen molar-refractivity contribution in [3.8, 4) is 0 Å². The van der Waals surface area contributed by atoms with Crippen LogP contribution in [0.25, 0.3) is 0 Å². The number of piperidine rings is 2. The summed E-state index contributed by atoms with van der Waals surface area (Å²) < 4.78 is 0. The zero-order valence-corrected chi connectivity index (χ0v) is 11.8. The Hall–Kier alpha value is -0.120. The minimum absolute atomic E-state index is 0.545. The molecule has 17 heavy (non-hydrogen) atoms. The smallest absolute Gasteiger partial charge is 0.0117 e. The summed E-state index contributed by atoms with van der Waals surface area (Å²) >= 11 is 0. The van der Waals surface area contributed by atoms with Crippen LogP contribution in [0.5, 0.6) is 0 Å². The van der Waals surface area contributed by atoms with Crippen LogP contribution in [0.1, 0.15) is 32.6 Å². The van der Waals surface area contributed by atoms with Crippen molar-refractivity contribution in [2.24, 2.45) is 5.41 Å². The fraction of sp³-hybridized carbons (Fsp3) is 1.00. The lowest BCUT2D eigenvalue weighted by Gasteiger charge is -2.42. The molecule has 0 saturated carbocycles. The Morgan fingerprint density at radius 1 is 1.24 bits per heavy atom. The van der Waals surface area contributed by atoms with Gasteiger partial charge in [0.25, 0.3) is 0 Å². The molecule has 0 aromatic rings. The van der Waals surface area contributed by atoms with Gasteiger partial charge in [0.2, 0.25) is 0 Å². The van der Waals surface area contributed by atoms with Crippen LogP contribution < -0.4 is 5.32 Å². The van der Waals surface area contributed by atoms with Gasteiger partial charge in [-0.05, 0) is 71.4 Å². The molecule has 2 heterocycles. The Morgan fingerprint density at radius 3 is 2.41 bits per heavy atom. The lowest BCUT2D eigenvalue weighted by atomic mass is 9.80. The zero-order chi connectivity index (χ0) is 12.3. The Labute approximate surface area is 107 Å². The summed E-state index contributed by atoms with van der Waals surface area (Å²) in [5.74, 6) is 0. The predicted octanol–water partition coefficient (Wildman–Crippen LogP) is 1.40. The summed E-state index contributed by atoms with van der Waals surface area (Å²) in [5, 5.41) is 3.47. The minimum atomic E-state index is 0.545. The number of hydrogen-bond donors (Lipinski definition) is 1. The van der Waals surface area contributed by atoms with E-state index in [9.17, 15) is 0 Å². The van der Waals surface area contributed by atoms with Gasteiger partial charge in [0.05, 0.1) is 0 Å². The van der Waals surface area contributed by atoms with Crippen LogP contribution in [0.3, 0.4) is 0 Å². The Morgan fingerprint density at radius 2 is 1.82 bits per heavy atom. The van der Waals surface area contributed by atoms with E-state index in [1.54, 1.807) is 0 Å². The third kappa shape index (κ3) is 3.67. The molecule has 0 unspecified atom stereocenters. The fourth-order valence-corrected chi connectivity index (χ4v) is 3.36. The highest BCUT2D eigenvalue weighted by molar-refractivity contribution is 4.86. The van der Waals surface area contributed by atoms with Crippen molar-refractivity contribution in [1.29, 1.82) is 0 Å². The highest BCUT2D eigenvalue weighted by Gasteiger charge is 2.30. The molecule has 2 fully saturated rings. The van der Waals surface area contributed by atoms with E-state index in [0.717, 1.165) is 6.04 Å². The van der Waals surface area contributed by atoms with Crippen molar-refractivity contribution >= 4 is 0 Å². The van der Waals surface area contributed by atoms with Crippen LogP contribution in [0.15, 0.2) is 0 Å². The molecular weight excluding hydrogens is 210 g/mol. The van der Waals surface area contributed by atoms with Gasteiger partial charge in [-0.25, -0.2) is 0 Å². The topological polar surface area (TPSA) is 18.5 Å². The molecule has 0 spiro atoms. The van der Waals surface area contributed by atoms with E-state index in [-0.39, 0.29) is 0 Å². The molecule has 100 valence electrons. The predicted molar refractivity (Wildman–Crippen MR) is 73.4 cm³/mol. The van der Waals surface area contributed by atoms with Crippen LogP contribution in [0.4, 0.5) is 0 Å². The van der Waals surface area contributed by atoms with Crippen LogP contribution in [0.2, 0.25) is 0 Å². The van der Waals surface area contributed by atoms with Gasteiger partial charge in [-0.3, -0.25) is 0 Å². The van der Waals surface area contributed by atoms with Gasteiger partial charge in [0, 0.05) is 12.6 Å². The molecule has 2 aliphatic rings. The number of nitrogens with one attached hydrogen (secondary N) is 1. The molecule has 1 N–H and O–H groups in total. The van der Waals surface area contributed by atoms with E-state index in [4.69, 9.17) is 0 Å². The van der Waals surface area contributed by atoms with Crippen LogP contribution in [-0.4, -0.2) is 62.7 Å². The van der Waals surface area contributed by atoms with Gasteiger partial charge in [-0.2, -0.15) is 0 Å². The van der Waals surface area contributed by atoms with Gasteiger partial charge >= 0.3 is 0 Å². The summed E-state index contributed by atoms with van der Waals surface area (Å²) in [6, 6.07) is 0.818. The molecule has 2 aliphatic heterocycles. The van der Waals surface area contributed by atoms with Gasteiger partial charge in [0.1, 0.15) is 0 Å². The van der Waals surface area contributed by atoms with Gasteiger partial charge in [-0.1, -0.05) is 6.92 Å². The van der Waals surface area contributed by atoms with E-state index in [1.165, 1.54) is 58.4 Å². The number of likely N-dealkylation sites (tertiary alicyclic amines) is 1. The SMILES string of the molecule is CN1CCC(N(C)CC2(C)CCNCC2)CC1. The highest BCUT2D eigenvalue weighted by Crippen LogP contribution is 2.30. The first-order chi connectivity index (χ1) is 8.09. The highest BCUT2D eigenvalue weighted by atomic mass is 15.2. The summed E-state index contributed by atoms with van der Waals surface area (Å²) in [6.45, 7) is 8.71. The summed E-state index contributed by atoms with van der Waals surface area (Å²) in [7, 11) is 4.58. The van der Waals surface area contributed by atoms with E-state index in [1.807, 2.05) is 0 Å². The molecule has 2 saturated heterocycles. The van der Waals surface area contributed by atoms with Crippen molar-refractivity contribution in [3.05, 3.63) is 0 Å². The second-order valence-corrected chi connectivity index (χ2v) is 6.51. The van der Waals surface area contributed by atoms with Crippen molar-refractivity contribution < 1.29 is 0 Å².